The summed E-state index contributed by atoms with van der Waals surface area (Å²) in [5, 5.41) is 3.36. The van der Waals surface area contributed by atoms with Gasteiger partial charge >= 0.3 is 0 Å². The molecule has 0 unspecified atom stereocenters. The van der Waals surface area contributed by atoms with E-state index in [0.717, 1.165) is 45.7 Å². The number of amides is 1. The first-order valence-electron chi connectivity index (χ1n) is 7.01. The van der Waals surface area contributed by atoms with Crippen molar-refractivity contribution in [2.45, 2.75) is 32.5 Å². The maximum absolute atomic E-state index is 12.3. The fourth-order valence-corrected chi connectivity index (χ4v) is 2.73. The predicted molar refractivity (Wildman–Crippen MR) is 70.5 cm³/mol. The van der Waals surface area contributed by atoms with Crippen LogP contribution in [0.25, 0.3) is 0 Å². The van der Waals surface area contributed by atoms with Gasteiger partial charge in [-0.2, -0.15) is 0 Å². The third kappa shape index (κ3) is 3.93. The second kappa shape index (κ2) is 6.50. The third-order valence-electron chi connectivity index (χ3n) is 3.56. The lowest BCUT2D eigenvalue weighted by molar-refractivity contribution is -0.144. The van der Waals surface area contributed by atoms with E-state index >= 15 is 0 Å². The average Bonchev–Trinajstić information content (AvgIpc) is 2.56. The van der Waals surface area contributed by atoms with Gasteiger partial charge in [0.2, 0.25) is 5.91 Å². The zero-order valence-electron chi connectivity index (χ0n) is 11.5. The van der Waals surface area contributed by atoms with Gasteiger partial charge in [0.25, 0.3) is 0 Å². The highest BCUT2D eigenvalue weighted by Gasteiger charge is 2.26. The van der Waals surface area contributed by atoms with Crippen molar-refractivity contribution in [2.75, 3.05) is 45.8 Å². The molecular weight excluding hydrogens is 230 g/mol. The number of nitrogens with zero attached hydrogens (tertiary/aromatic N) is 2. The zero-order chi connectivity index (χ0) is 13.0. The monoisotopic (exact) mass is 255 g/mol. The second-order valence-electron chi connectivity index (χ2n) is 5.44. The first-order valence-corrected chi connectivity index (χ1v) is 7.01. The second-order valence-corrected chi connectivity index (χ2v) is 5.44. The molecular formula is C13H25N3O2. The summed E-state index contributed by atoms with van der Waals surface area (Å²) in [7, 11) is 0. The van der Waals surface area contributed by atoms with Gasteiger partial charge in [-0.15, -0.1) is 0 Å². The van der Waals surface area contributed by atoms with Crippen LogP contribution >= 0.6 is 0 Å². The first-order chi connectivity index (χ1) is 8.65. The van der Waals surface area contributed by atoms with Crippen molar-refractivity contribution in [2.24, 2.45) is 0 Å². The first kappa shape index (κ1) is 13.8. The van der Waals surface area contributed by atoms with Crippen molar-refractivity contribution >= 4 is 5.91 Å². The number of carbonyl (C=O) groups excluding carboxylic acids is 1. The van der Waals surface area contributed by atoms with Crippen LogP contribution in [0.3, 0.4) is 0 Å². The van der Waals surface area contributed by atoms with Crippen molar-refractivity contribution in [3.05, 3.63) is 0 Å². The molecule has 5 nitrogen and oxygen atoms in total. The Morgan fingerprint density at radius 3 is 2.67 bits per heavy atom. The minimum Gasteiger partial charge on any atom is -0.372 e. The molecule has 0 saturated carbocycles. The number of rotatable bonds is 2. The van der Waals surface area contributed by atoms with Gasteiger partial charge in [-0.3, -0.25) is 9.69 Å². The van der Waals surface area contributed by atoms with E-state index < -0.39 is 0 Å². The van der Waals surface area contributed by atoms with Gasteiger partial charge in [0.05, 0.1) is 18.8 Å². The molecule has 0 aromatic carbocycles. The largest absolute Gasteiger partial charge is 0.372 e. The summed E-state index contributed by atoms with van der Waals surface area (Å²) in [6, 6.07) is 0. The van der Waals surface area contributed by atoms with Gasteiger partial charge in [-0.25, -0.2) is 0 Å². The van der Waals surface area contributed by atoms with E-state index in [1.807, 2.05) is 18.7 Å². The van der Waals surface area contributed by atoms with Gasteiger partial charge in [0, 0.05) is 26.2 Å². The number of hydrogen-bond acceptors (Lipinski definition) is 4. The van der Waals surface area contributed by atoms with Gasteiger partial charge < -0.3 is 15.0 Å². The highest BCUT2D eigenvalue weighted by molar-refractivity contribution is 5.78. The summed E-state index contributed by atoms with van der Waals surface area (Å²) in [5.41, 5.74) is 0. The SMILES string of the molecule is C[C@@H]1CN(C(=O)CN2CCCNCC2)C[C@H](C)O1. The van der Waals surface area contributed by atoms with Crippen molar-refractivity contribution < 1.29 is 9.53 Å². The molecule has 104 valence electrons. The summed E-state index contributed by atoms with van der Waals surface area (Å²) >= 11 is 0. The van der Waals surface area contributed by atoms with Crippen LogP contribution in [0.15, 0.2) is 0 Å². The Kier molecular flexibility index (Phi) is 4.97. The molecule has 0 radical (unpaired) electrons. The van der Waals surface area contributed by atoms with E-state index in [1.165, 1.54) is 0 Å². The average molecular weight is 255 g/mol. The topological polar surface area (TPSA) is 44.8 Å². The van der Waals surface area contributed by atoms with E-state index in [0.29, 0.717) is 6.54 Å². The van der Waals surface area contributed by atoms with Gasteiger partial charge in [0.15, 0.2) is 0 Å². The molecule has 1 amide bonds. The Morgan fingerprint density at radius 1 is 1.22 bits per heavy atom. The Hall–Kier alpha value is -0.650. The molecule has 2 rings (SSSR count). The highest BCUT2D eigenvalue weighted by Crippen LogP contribution is 2.11. The maximum atomic E-state index is 12.3. The lowest BCUT2D eigenvalue weighted by Crippen LogP contribution is -2.51. The number of nitrogens with one attached hydrogen (secondary N) is 1. The molecule has 1 N–H and O–H groups in total. The fourth-order valence-electron chi connectivity index (χ4n) is 2.73. The summed E-state index contributed by atoms with van der Waals surface area (Å²) < 4.78 is 5.66. The predicted octanol–water partition coefficient (Wildman–Crippen LogP) is -0.0825. The van der Waals surface area contributed by atoms with Crippen LogP contribution in [-0.4, -0.2) is 73.7 Å². The van der Waals surface area contributed by atoms with E-state index in [-0.39, 0.29) is 18.1 Å². The number of hydrogen-bond donors (Lipinski definition) is 1. The minimum absolute atomic E-state index is 0.156. The normalized spacial score (nSPS) is 31.1. The van der Waals surface area contributed by atoms with E-state index in [1.54, 1.807) is 0 Å². The Labute approximate surface area is 109 Å². The third-order valence-corrected chi connectivity index (χ3v) is 3.56. The van der Waals surface area contributed by atoms with Crippen LogP contribution < -0.4 is 5.32 Å². The van der Waals surface area contributed by atoms with Crippen LogP contribution in [0.2, 0.25) is 0 Å². The van der Waals surface area contributed by atoms with Crippen LogP contribution in [0.4, 0.5) is 0 Å². The number of ether oxygens (including phenoxy) is 1. The molecule has 0 aliphatic carbocycles. The minimum atomic E-state index is 0.156. The molecule has 2 aliphatic rings. The Balaban J connectivity index is 1.82. The van der Waals surface area contributed by atoms with Crippen LogP contribution in [-0.2, 0) is 9.53 Å². The summed E-state index contributed by atoms with van der Waals surface area (Å²) in [5.74, 6) is 0.249. The van der Waals surface area contributed by atoms with Gasteiger partial charge in [-0.1, -0.05) is 0 Å². The van der Waals surface area contributed by atoms with Crippen LogP contribution in [0.1, 0.15) is 20.3 Å². The molecule has 2 aliphatic heterocycles. The molecule has 5 heteroatoms. The maximum Gasteiger partial charge on any atom is 0.236 e. The number of carbonyl (C=O) groups is 1. The van der Waals surface area contributed by atoms with Crippen molar-refractivity contribution in [3.8, 4) is 0 Å². The standard InChI is InChI=1S/C13H25N3O2/c1-11-8-16(9-12(2)18-11)13(17)10-15-6-3-4-14-5-7-15/h11-12,14H,3-10H2,1-2H3/t11-,12+. The molecule has 0 bridgehead atoms. The smallest absolute Gasteiger partial charge is 0.236 e. The summed E-state index contributed by atoms with van der Waals surface area (Å²) in [6.45, 7) is 10.1. The van der Waals surface area contributed by atoms with Crippen LogP contribution in [0, 0.1) is 0 Å². The number of morpholine rings is 1. The molecule has 0 aromatic rings. The summed E-state index contributed by atoms with van der Waals surface area (Å²) in [6.07, 6.45) is 1.44. The quantitative estimate of drug-likeness (QED) is 0.749. The molecule has 2 heterocycles. The lowest BCUT2D eigenvalue weighted by atomic mass is 10.2. The van der Waals surface area contributed by atoms with Crippen molar-refractivity contribution in [1.82, 2.24) is 15.1 Å². The van der Waals surface area contributed by atoms with Crippen molar-refractivity contribution in [3.63, 3.8) is 0 Å². The lowest BCUT2D eigenvalue weighted by Gasteiger charge is -2.36. The molecule has 0 aromatic heterocycles. The van der Waals surface area contributed by atoms with Crippen molar-refractivity contribution in [1.29, 1.82) is 0 Å². The highest BCUT2D eigenvalue weighted by atomic mass is 16.5. The molecule has 0 spiro atoms. The van der Waals surface area contributed by atoms with E-state index in [4.69, 9.17) is 4.74 Å². The van der Waals surface area contributed by atoms with E-state index in [2.05, 4.69) is 10.2 Å². The molecule has 18 heavy (non-hydrogen) atoms. The van der Waals surface area contributed by atoms with Gasteiger partial charge in [-0.05, 0) is 33.4 Å². The Morgan fingerprint density at radius 2 is 1.94 bits per heavy atom. The fraction of sp³-hybridized carbons (Fsp3) is 0.923. The molecule has 2 saturated heterocycles. The molecule has 2 atom stereocenters. The van der Waals surface area contributed by atoms with Gasteiger partial charge in [0.1, 0.15) is 0 Å². The molecule has 2 fully saturated rings. The summed E-state index contributed by atoms with van der Waals surface area (Å²) in [4.78, 5) is 16.5. The Bertz CT molecular complexity index is 267. The van der Waals surface area contributed by atoms with E-state index in [9.17, 15) is 4.79 Å². The van der Waals surface area contributed by atoms with Crippen LogP contribution in [0.5, 0.6) is 0 Å². The zero-order valence-corrected chi connectivity index (χ0v) is 11.5.